The summed E-state index contributed by atoms with van der Waals surface area (Å²) < 4.78 is 10.3. The minimum absolute atomic E-state index is 0.286. The van der Waals surface area contributed by atoms with E-state index in [4.69, 9.17) is 21.1 Å². The van der Waals surface area contributed by atoms with E-state index in [-0.39, 0.29) is 5.91 Å². The maximum absolute atomic E-state index is 12.4. The Morgan fingerprint density at radius 3 is 2.48 bits per heavy atom. The zero-order valence-corrected chi connectivity index (χ0v) is 12.8. The van der Waals surface area contributed by atoms with Gasteiger partial charge in [0.05, 0.1) is 19.8 Å². The maximum Gasteiger partial charge on any atom is 0.259 e. The first kappa shape index (κ1) is 15.2. The fourth-order valence-corrected chi connectivity index (χ4v) is 2.04. The van der Waals surface area contributed by atoms with Crippen molar-refractivity contribution < 1.29 is 14.3 Å². The summed E-state index contributed by atoms with van der Waals surface area (Å²) in [5, 5.41) is 3.40. The number of methoxy groups -OCH3 is 2. The molecule has 0 aromatic heterocycles. The van der Waals surface area contributed by atoms with Crippen molar-refractivity contribution in [1.29, 1.82) is 0 Å². The Balaban J connectivity index is 2.28. The van der Waals surface area contributed by atoms with Crippen LogP contribution in [0.5, 0.6) is 11.5 Å². The molecule has 2 aromatic rings. The number of rotatable bonds is 4. The van der Waals surface area contributed by atoms with Gasteiger partial charge in [0.25, 0.3) is 5.91 Å². The number of ether oxygens (including phenoxy) is 2. The lowest BCUT2D eigenvalue weighted by atomic mass is 10.1. The van der Waals surface area contributed by atoms with Crippen LogP contribution in [-0.4, -0.2) is 20.1 Å². The Morgan fingerprint density at radius 1 is 1.10 bits per heavy atom. The molecule has 1 amide bonds. The molecule has 0 saturated heterocycles. The van der Waals surface area contributed by atoms with Crippen LogP contribution in [0, 0.1) is 6.92 Å². The standard InChI is InChI=1S/C16H16ClNO3/c1-10-4-5-11(8-14(10)17)18-16(19)13-9-12(20-2)6-7-15(13)21-3/h4-9H,1-3H3,(H,18,19). The van der Waals surface area contributed by atoms with E-state index in [1.807, 2.05) is 13.0 Å². The predicted molar refractivity (Wildman–Crippen MR) is 83.7 cm³/mol. The van der Waals surface area contributed by atoms with Gasteiger partial charge >= 0.3 is 0 Å². The summed E-state index contributed by atoms with van der Waals surface area (Å²) in [7, 11) is 3.06. The molecule has 2 aromatic carbocycles. The molecule has 0 aliphatic carbocycles. The molecule has 0 radical (unpaired) electrons. The number of hydrogen-bond donors (Lipinski definition) is 1. The van der Waals surface area contributed by atoms with Gasteiger partial charge in [-0.1, -0.05) is 17.7 Å². The third-order valence-electron chi connectivity index (χ3n) is 3.08. The van der Waals surface area contributed by atoms with Crippen molar-refractivity contribution in [2.24, 2.45) is 0 Å². The number of amides is 1. The number of hydrogen-bond acceptors (Lipinski definition) is 3. The van der Waals surface area contributed by atoms with Crippen LogP contribution < -0.4 is 14.8 Å². The second kappa shape index (κ2) is 6.50. The second-order valence-corrected chi connectivity index (χ2v) is 4.89. The summed E-state index contributed by atoms with van der Waals surface area (Å²) in [6.45, 7) is 1.90. The van der Waals surface area contributed by atoms with Crippen LogP contribution in [0.4, 0.5) is 5.69 Å². The first-order valence-corrected chi connectivity index (χ1v) is 6.72. The van der Waals surface area contributed by atoms with E-state index >= 15 is 0 Å². The van der Waals surface area contributed by atoms with Crippen LogP contribution in [0.2, 0.25) is 5.02 Å². The molecule has 110 valence electrons. The molecule has 0 aliphatic heterocycles. The van der Waals surface area contributed by atoms with Crippen molar-refractivity contribution >= 4 is 23.2 Å². The fourth-order valence-electron chi connectivity index (χ4n) is 1.86. The molecule has 0 atom stereocenters. The first-order valence-electron chi connectivity index (χ1n) is 6.34. The Kier molecular flexibility index (Phi) is 4.70. The molecule has 0 saturated carbocycles. The van der Waals surface area contributed by atoms with Gasteiger partial charge in [-0.05, 0) is 42.8 Å². The Bertz CT molecular complexity index is 671. The molecule has 0 spiro atoms. The van der Waals surface area contributed by atoms with Gasteiger partial charge in [-0.15, -0.1) is 0 Å². The molecular weight excluding hydrogens is 290 g/mol. The van der Waals surface area contributed by atoms with E-state index in [0.29, 0.717) is 27.8 Å². The lowest BCUT2D eigenvalue weighted by Gasteiger charge is -2.11. The highest BCUT2D eigenvalue weighted by Crippen LogP contribution is 2.26. The summed E-state index contributed by atoms with van der Waals surface area (Å²) in [6.07, 6.45) is 0. The van der Waals surface area contributed by atoms with Gasteiger partial charge in [0.1, 0.15) is 11.5 Å². The van der Waals surface area contributed by atoms with Gasteiger partial charge in [-0.2, -0.15) is 0 Å². The largest absolute Gasteiger partial charge is 0.497 e. The number of carbonyl (C=O) groups is 1. The molecule has 0 unspecified atom stereocenters. The van der Waals surface area contributed by atoms with E-state index in [1.165, 1.54) is 7.11 Å². The zero-order valence-electron chi connectivity index (χ0n) is 12.1. The highest BCUT2D eigenvalue weighted by atomic mass is 35.5. The number of aryl methyl sites for hydroxylation is 1. The third kappa shape index (κ3) is 3.47. The van der Waals surface area contributed by atoms with E-state index < -0.39 is 0 Å². The maximum atomic E-state index is 12.4. The van der Waals surface area contributed by atoms with Crippen LogP contribution in [0.3, 0.4) is 0 Å². The van der Waals surface area contributed by atoms with Crippen LogP contribution in [0.1, 0.15) is 15.9 Å². The molecule has 0 bridgehead atoms. The second-order valence-electron chi connectivity index (χ2n) is 4.48. The van der Waals surface area contributed by atoms with Gasteiger partial charge < -0.3 is 14.8 Å². The van der Waals surface area contributed by atoms with Crippen molar-refractivity contribution in [2.75, 3.05) is 19.5 Å². The molecule has 21 heavy (non-hydrogen) atoms. The average molecular weight is 306 g/mol. The van der Waals surface area contributed by atoms with Crippen LogP contribution >= 0.6 is 11.6 Å². The molecule has 4 nitrogen and oxygen atoms in total. The van der Waals surface area contributed by atoms with Crippen LogP contribution in [0.25, 0.3) is 0 Å². The quantitative estimate of drug-likeness (QED) is 0.931. The lowest BCUT2D eigenvalue weighted by Crippen LogP contribution is -2.13. The minimum Gasteiger partial charge on any atom is -0.497 e. The lowest BCUT2D eigenvalue weighted by molar-refractivity contribution is 0.102. The summed E-state index contributed by atoms with van der Waals surface area (Å²) in [5.41, 5.74) is 1.97. The van der Waals surface area contributed by atoms with Gasteiger partial charge in [-0.3, -0.25) is 4.79 Å². The SMILES string of the molecule is COc1ccc(OC)c(C(=O)Nc2ccc(C)c(Cl)c2)c1. The van der Waals surface area contributed by atoms with Gasteiger partial charge in [-0.25, -0.2) is 0 Å². The third-order valence-corrected chi connectivity index (χ3v) is 3.49. The van der Waals surface area contributed by atoms with Crippen molar-refractivity contribution in [3.8, 4) is 11.5 Å². The summed E-state index contributed by atoms with van der Waals surface area (Å²) in [5.74, 6) is 0.778. The number of nitrogens with one attached hydrogen (secondary N) is 1. The van der Waals surface area contributed by atoms with E-state index in [0.717, 1.165) is 5.56 Å². The van der Waals surface area contributed by atoms with Crippen molar-refractivity contribution in [3.05, 3.63) is 52.5 Å². The van der Waals surface area contributed by atoms with Crippen LogP contribution in [0.15, 0.2) is 36.4 Å². The molecule has 1 N–H and O–H groups in total. The number of halogens is 1. The molecule has 5 heteroatoms. The van der Waals surface area contributed by atoms with E-state index in [9.17, 15) is 4.79 Å². The Labute approximate surface area is 128 Å². The minimum atomic E-state index is -0.286. The van der Waals surface area contributed by atoms with Crippen LogP contribution in [-0.2, 0) is 0 Å². The molecule has 0 fully saturated rings. The summed E-state index contributed by atoms with van der Waals surface area (Å²) in [4.78, 5) is 12.4. The van der Waals surface area contributed by atoms with Crippen molar-refractivity contribution in [2.45, 2.75) is 6.92 Å². The van der Waals surface area contributed by atoms with Crippen molar-refractivity contribution in [1.82, 2.24) is 0 Å². The molecular formula is C16H16ClNO3. The highest BCUT2D eigenvalue weighted by Gasteiger charge is 2.14. The normalized spacial score (nSPS) is 10.1. The smallest absolute Gasteiger partial charge is 0.259 e. The predicted octanol–water partition coefficient (Wildman–Crippen LogP) is 3.92. The Morgan fingerprint density at radius 2 is 1.86 bits per heavy atom. The zero-order chi connectivity index (χ0) is 15.4. The molecule has 0 heterocycles. The van der Waals surface area contributed by atoms with E-state index in [2.05, 4.69) is 5.32 Å². The average Bonchev–Trinajstić information content (AvgIpc) is 2.50. The Hall–Kier alpha value is -2.20. The van der Waals surface area contributed by atoms with Gasteiger partial charge in [0.15, 0.2) is 0 Å². The van der Waals surface area contributed by atoms with E-state index in [1.54, 1.807) is 37.4 Å². The fraction of sp³-hybridized carbons (Fsp3) is 0.188. The topological polar surface area (TPSA) is 47.6 Å². The monoisotopic (exact) mass is 305 g/mol. The first-order chi connectivity index (χ1) is 10.0. The molecule has 0 aliphatic rings. The number of benzene rings is 2. The van der Waals surface area contributed by atoms with Gasteiger partial charge in [0, 0.05) is 10.7 Å². The summed E-state index contributed by atoms with van der Waals surface area (Å²) >= 11 is 6.05. The molecule has 2 rings (SSSR count). The van der Waals surface area contributed by atoms with Crippen molar-refractivity contribution in [3.63, 3.8) is 0 Å². The van der Waals surface area contributed by atoms with Gasteiger partial charge in [0.2, 0.25) is 0 Å². The highest BCUT2D eigenvalue weighted by molar-refractivity contribution is 6.31. The summed E-state index contributed by atoms with van der Waals surface area (Å²) in [6, 6.07) is 10.4. The number of anilines is 1. The number of carbonyl (C=O) groups excluding carboxylic acids is 1.